The highest BCUT2D eigenvalue weighted by Crippen LogP contribution is 2.30. The van der Waals surface area contributed by atoms with E-state index < -0.39 is 0 Å². The van der Waals surface area contributed by atoms with E-state index in [1.54, 1.807) is 0 Å². The van der Waals surface area contributed by atoms with Crippen molar-refractivity contribution in [2.24, 2.45) is 11.7 Å². The minimum atomic E-state index is 0.120. The third kappa shape index (κ3) is 3.18. The number of hydrogen-bond donors (Lipinski definition) is 1. The predicted molar refractivity (Wildman–Crippen MR) is 81.0 cm³/mol. The lowest BCUT2D eigenvalue weighted by Crippen LogP contribution is -2.44. The molecule has 3 nitrogen and oxygen atoms in total. The van der Waals surface area contributed by atoms with Crippen molar-refractivity contribution in [2.45, 2.75) is 32.2 Å². The van der Waals surface area contributed by atoms with Crippen LogP contribution in [0.15, 0.2) is 28.7 Å². The van der Waals surface area contributed by atoms with E-state index in [0.29, 0.717) is 18.5 Å². The molecule has 1 amide bonds. The summed E-state index contributed by atoms with van der Waals surface area (Å²) in [7, 11) is 0. The highest BCUT2D eigenvalue weighted by Gasteiger charge is 2.33. The zero-order valence-electron chi connectivity index (χ0n) is 11.3. The molecule has 2 rings (SSSR count). The number of hydrogen-bond acceptors (Lipinski definition) is 2. The van der Waals surface area contributed by atoms with Gasteiger partial charge in [0, 0.05) is 22.6 Å². The van der Waals surface area contributed by atoms with E-state index in [1.165, 1.54) is 6.42 Å². The first kappa shape index (κ1) is 14.5. The summed E-state index contributed by atoms with van der Waals surface area (Å²) in [5.41, 5.74) is 6.58. The van der Waals surface area contributed by atoms with E-state index in [-0.39, 0.29) is 5.91 Å². The van der Waals surface area contributed by atoms with Crippen molar-refractivity contribution in [3.8, 4) is 0 Å². The van der Waals surface area contributed by atoms with Gasteiger partial charge in [-0.3, -0.25) is 4.79 Å². The van der Waals surface area contributed by atoms with Crippen LogP contribution in [-0.2, 0) is 0 Å². The van der Waals surface area contributed by atoms with Crippen LogP contribution in [0.3, 0.4) is 0 Å². The summed E-state index contributed by atoms with van der Waals surface area (Å²) in [5, 5.41) is 0. The maximum atomic E-state index is 12.6. The Balaban J connectivity index is 2.19. The maximum absolute atomic E-state index is 12.6. The molecule has 1 aromatic rings. The van der Waals surface area contributed by atoms with Crippen molar-refractivity contribution < 1.29 is 4.79 Å². The lowest BCUT2D eigenvalue weighted by atomic mass is 10.0. The lowest BCUT2D eigenvalue weighted by Gasteiger charge is -2.32. The van der Waals surface area contributed by atoms with Gasteiger partial charge >= 0.3 is 0 Å². The molecule has 0 aliphatic heterocycles. The summed E-state index contributed by atoms with van der Waals surface area (Å²) in [5.74, 6) is 0.574. The highest BCUT2D eigenvalue weighted by atomic mass is 79.9. The molecule has 1 aliphatic rings. The molecule has 2 N–H and O–H groups in total. The van der Waals surface area contributed by atoms with Gasteiger partial charge in [0.1, 0.15) is 0 Å². The van der Waals surface area contributed by atoms with Crippen LogP contribution in [0.2, 0.25) is 0 Å². The summed E-state index contributed by atoms with van der Waals surface area (Å²) >= 11 is 3.42. The number of carbonyl (C=O) groups is 1. The normalized spacial score (nSPS) is 22.5. The van der Waals surface area contributed by atoms with Crippen molar-refractivity contribution in [1.29, 1.82) is 0 Å². The van der Waals surface area contributed by atoms with Crippen molar-refractivity contribution in [3.63, 3.8) is 0 Å². The largest absolute Gasteiger partial charge is 0.336 e. The molecule has 1 aromatic carbocycles. The fourth-order valence-electron chi connectivity index (χ4n) is 3.02. The second-order valence-electron chi connectivity index (χ2n) is 5.10. The molecule has 0 radical (unpaired) electrons. The Morgan fingerprint density at radius 3 is 2.89 bits per heavy atom. The summed E-state index contributed by atoms with van der Waals surface area (Å²) in [6.45, 7) is 3.46. The van der Waals surface area contributed by atoms with Gasteiger partial charge < -0.3 is 10.6 Å². The molecule has 2 unspecified atom stereocenters. The Labute approximate surface area is 123 Å². The summed E-state index contributed by atoms with van der Waals surface area (Å²) in [4.78, 5) is 14.6. The molecule has 1 aliphatic carbocycles. The molecule has 104 valence electrons. The second-order valence-corrected chi connectivity index (χ2v) is 6.01. The van der Waals surface area contributed by atoms with Crippen LogP contribution in [0.1, 0.15) is 36.5 Å². The van der Waals surface area contributed by atoms with Crippen LogP contribution >= 0.6 is 15.9 Å². The Kier molecular flexibility index (Phi) is 4.99. The minimum absolute atomic E-state index is 0.120. The first-order chi connectivity index (χ1) is 9.17. The van der Waals surface area contributed by atoms with E-state index in [0.717, 1.165) is 29.4 Å². The second kappa shape index (κ2) is 6.53. The SMILES string of the molecule is CCN(C(=O)c1cccc(Br)c1)C1CCCC1CN. The molecule has 0 bridgehead atoms. The first-order valence-corrected chi connectivity index (χ1v) is 7.73. The van der Waals surface area contributed by atoms with Crippen LogP contribution in [0.25, 0.3) is 0 Å². The summed E-state index contributed by atoms with van der Waals surface area (Å²) < 4.78 is 0.941. The smallest absolute Gasteiger partial charge is 0.254 e. The van der Waals surface area contributed by atoms with Crippen LogP contribution in [-0.4, -0.2) is 29.9 Å². The number of nitrogens with two attached hydrogens (primary N) is 1. The van der Waals surface area contributed by atoms with E-state index in [2.05, 4.69) is 15.9 Å². The molecular formula is C15H21BrN2O. The third-order valence-electron chi connectivity index (χ3n) is 4.00. The van der Waals surface area contributed by atoms with Gasteiger partial charge in [-0.15, -0.1) is 0 Å². The zero-order chi connectivity index (χ0) is 13.8. The number of rotatable bonds is 4. The zero-order valence-corrected chi connectivity index (χ0v) is 12.9. The van der Waals surface area contributed by atoms with Gasteiger partial charge in [0.15, 0.2) is 0 Å². The Morgan fingerprint density at radius 1 is 1.47 bits per heavy atom. The average molecular weight is 325 g/mol. The van der Waals surface area contributed by atoms with Crippen molar-refractivity contribution in [2.75, 3.05) is 13.1 Å². The Hall–Kier alpha value is -0.870. The van der Waals surface area contributed by atoms with Gasteiger partial charge in [-0.1, -0.05) is 28.4 Å². The molecule has 19 heavy (non-hydrogen) atoms. The fourth-order valence-corrected chi connectivity index (χ4v) is 3.42. The summed E-state index contributed by atoms with van der Waals surface area (Å²) in [6.07, 6.45) is 3.40. The topological polar surface area (TPSA) is 46.3 Å². The number of carbonyl (C=O) groups excluding carboxylic acids is 1. The molecule has 1 saturated carbocycles. The van der Waals surface area contributed by atoms with Crippen LogP contribution in [0, 0.1) is 5.92 Å². The number of halogens is 1. The van der Waals surface area contributed by atoms with Gasteiger partial charge in [0.05, 0.1) is 0 Å². The van der Waals surface area contributed by atoms with Gasteiger partial charge in [0.25, 0.3) is 5.91 Å². The van der Waals surface area contributed by atoms with E-state index in [4.69, 9.17) is 5.73 Å². The monoisotopic (exact) mass is 324 g/mol. The van der Waals surface area contributed by atoms with Crippen LogP contribution in [0.4, 0.5) is 0 Å². The van der Waals surface area contributed by atoms with Crippen molar-refractivity contribution >= 4 is 21.8 Å². The first-order valence-electron chi connectivity index (χ1n) is 6.94. The van der Waals surface area contributed by atoms with E-state index in [1.807, 2.05) is 36.1 Å². The number of benzene rings is 1. The minimum Gasteiger partial charge on any atom is -0.336 e. The molecule has 2 atom stereocenters. The van der Waals surface area contributed by atoms with Crippen molar-refractivity contribution in [3.05, 3.63) is 34.3 Å². The third-order valence-corrected chi connectivity index (χ3v) is 4.49. The van der Waals surface area contributed by atoms with Gasteiger partial charge in [-0.25, -0.2) is 0 Å². The maximum Gasteiger partial charge on any atom is 0.254 e. The van der Waals surface area contributed by atoms with Gasteiger partial charge in [-0.2, -0.15) is 0 Å². The molecule has 4 heteroatoms. The van der Waals surface area contributed by atoms with Gasteiger partial charge in [-0.05, 0) is 50.4 Å². The van der Waals surface area contributed by atoms with E-state index >= 15 is 0 Å². The Bertz CT molecular complexity index is 450. The number of amides is 1. The molecule has 0 saturated heterocycles. The number of nitrogens with zero attached hydrogens (tertiary/aromatic N) is 1. The average Bonchev–Trinajstić information content (AvgIpc) is 2.88. The molecule has 0 aromatic heterocycles. The van der Waals surface area contributed by atoms with Gasteiger partial charge in [0.2, 0.25) is 0 Å². The molecule has 0 spiro atoms. The predicted octanol–water partition coefficient (Wildman–Crippen LogP) is 3.04. The highest BCUT2D eigenvalue weighted by molar-refractivity contribution is 9.10. The van der Waals surface area contributed by atoms with Crippen LogP contribution < -0.4 is 5.73 Å². The van der Waals surface area contributed by atoms with Crippen LogP contribution in [0.5, 0.6) is 0 Å². The lowest BCUT2D eigenvalue weighted by molar-refractivity contribution is 0.0652. The van der Waals surface area contributed by atoms with E-state index in [9.17, 15) is 4.79 Å². The standard InChI is InChI=1S/C15H21BrN2O/c1-2-18(14-8-4-6-12(14)10-17)15(19)11-5-3-7-13(16)9-11/h3,5,7,9,12,14H,2,4,6,8,10,17H2,1H3. The summed E-state index contributed by atoms with van der Waals surface area (Å²) in [6, 6.07) is 7.91. The fraction of sp³-hybridized carbons (Fsp3) is 0.533. The quantitative estimate of drug-likeness (QED) is 0.925. The molecule has 1 fully saturated rings. The molecule has 0 heterocycles. The van der Waals surface area contributed by atoms with Crippen molar-refractivity contribution in [1.82, 2.24) is 4.90 Å². The Morgan fingerprint density at radius 2 is 2.26 bits per heavy atom. The molecular weight excluding hydrogens is 304 g/mol.